The van der Waals surface area contributed by atoms with E-state index in [1.165, 1.54) is 36.0 Å². The third-order valence-corrected chi connectivity index (χ3v) is 5.34. The van der Waals surface area contributed by atoms with Crippen molar-refractivity contribution in [1.29, 1.82) is 0 Å². The van der Waals surface area contributed by atoms with Crippen LogP contribution in [0, 0.1) is 0 Å². The molecule has 126 valence electrons. The summed E-state index contributed by atoms with van der Waals surface area (Å²) in [7, 11) is 1.71. The monoisotopic (exact) mass is 342 g/mol. The Labute approximate surface area is 146 Å². The van der Waals surface area contributed by atoms with Crippen molar-refractivity contribution in [3.63, 3.8) is 0 Å². The highest BCUT2D eigenvalue weighted by atomic mass is 32.2. The molecule has 0 amide bonds. The second kappa shape index (κ2) is 6.61. The van der Waals surface area contributed by atoms with Crippen molar-refractivity contribution in [1.82, 2.24) is 9.97 Å². The minimum Gasteiger partial charge on any atom is -0.496 e. The number of fused-ring (bicyclic) bond motifs is 1. The third kappa shape index (κ3) is 2.74. The lowest BCUT2D eigenvalue weighted by Gasteiger charge is -2.31. The second-order valence-electron chi connectivity index (χ2n) is 6.33. The molecule has 24 heavy (non-hydrogen) atoms. The lowest BCUT2D eigenvalue weighted by Crippen LogP contribution is -2.38. The van der Waals surface area contributed by atoms with Crippen LogP contribution in [-0.2, 0) is 18.6 Å². The molecule has 5 nitrogen and oxygen atoms in total. The summed E-state index contributed by atoms with van der Waals surface area (Å²) in [6.45, 7) is 2.13. The lowest BCUT2D eigenvalue weighted by atomic mass is 10.0. The van der Waals surface area contributed by atoms with Crippen LogP contribution in [0.2, 0.25) is 0 Å². The highest BCUT2D eigenvalue weighted by Crippen LogP contribution is 2.35. The van der Waals surface area contributed by atoms with E-state index < -0.39 is 0 Å². The molecule has 0 unspecified atom stereocenters. The molecule has 2 heterocycles. The van der Waals surface area contributed by atoms with Crippen LogP contribution in [0.3, 0.4) is 0 Å². The Bertz CT molecular complexity index is 761. The van der Waals surface area contributed by atoms with Crippen LogP contribution in [-0.4, -0.2) is 30.2 Å². The maximum atomic E-state index is 5.62. The zero-order valence-corrected chi connectivity index (χ0v) is 14.7. The van der Waals surface area contributed by atoms with Gasteiger partial charge in [-0.25, -0.2) is 9.97 Å². The molecular weight excluding hydrogens is 320 g/mol. The minimum atomic E-state index is 0.740. The zero-order chi connectivity index (χ0) is 16.5. The van der Waals surface area contributed by atoms with Gasteiger partial charge in [-0.05, 0) is 31.7 Å². The zero-order valence-electron chi connectivity index (χ0n) is 13.9. The summed E-state index contributed by atoms with van der Waals surface area (Å²) in [4.78, 5) is 12.0. The van der Waals surface area contributed by atoms with Gasteiger partial charge in [-0.3, -0.25) is 5.14 Å². The van der Waals surface area contributed by atoms with Gasteiger partial charge in [0.2, 0.25) is 5.95 Å². The molecule has 0 saturated carbocycles. The molecule has 0 spiro atoms. The first-order chi connectivity index (χ1) is 11.8. The summed E-state index contributed by atoms with van der Waals surface area (Å²) in [6.07, 6.45) is 4.52. The molecule has 0 bridgehead atoms. The third-order valence-electron chi connectivity index (χ3n) is 4.86. The first kappa shape index (κ1) is 15.7. The maximum Gasteiger partial charge on any atom is 0.226 e. The maximum absolute atomic E-state index is 5.62. The Kier molecular flexibility index (Phi) is 4.33. The van der Waals surface area contributed by atoms with E-state index in [2.05, 4.69) is 23.1 Å². The highest BCUT2D eigenvalue weighted by Gasteiger charge is 2.25. The molecule has 0 atom stereocenters. The van der Waals surface area contributed by atoms with Gasteiger partial charge in [0.25, 0.3) is 0 Å². The number of hydrogen-bond acceptors (Lipinski definition) is 6. The van der Waals surface area contributed by atoms with Crippen LogP contribution in [0.25, 0.3) is 11.3 Å². The van der Waals surface area contributed by atoms with Crippen molar-refractivity contribution in [3.05, 3.63) is 35.0 Å². The van der Waals surface area contributed by atoms with Crippen molar-refractivity contribution >= 4 is 17.9 Å². The number of rotatable bonds is 5. The smallest absolute Gasteiger partial charge is 0.226 e. The minimum absolute atomic E-state index is 0.740. The number of hydrogen-bond donors (Lipinski definition) is 1. The van der Waals surface area contributed by atoms with Gasteiger partial charge in [0.15, 0.2) is 0 Å². The first-order valence-electron chi connectivity index (χ1n) is 8.44. The number of nitrogens with two attached hydrogens (primary N) is 1. The summed E-state index contributed by atoms with van der Waals surface area (Å²) in [5.74, 6) is 2.50. The molecule has 1 aromatic carbocycles. The molecular formula is C18H22N4OS. The molecule has 1 fully saturated rings. The number of aryl methyl sites for hydroxylation is 1. The lowest BCUT2D eigenvalue weighted by molar-refractivity contribution is 0.411. The van der Waals surface area contributed by atoms with Crippen molar-refractivity contribution in [2.45, 2.75) is 31.4 Å². The number of methoxy groups -OCH3 is 1. The van der Waals surface area contributed by atoms with E-state index in [0.717, 1.165) is 60.2 Å². The molecule has 2 aromatic rings. The van der Waals surface area contributed by atoms with E-state index in [4.69, 9.17) is 19.8 Å². The molecule has 6 heteroatoms. The molecule has 2 N–H and O–H groups in total. The van der Waals surface area contributed by atoms with Crippen LogP contribution in [0.4, 0.5) is 5.95 Å². The van der Waals surface area contributed by atoms with Crippen LogP contribution in [0.15, 0.2) is 18.2 Å². The SMILES string of the molecule is COc1cc(-c2nc(N3CCC3)nc3c2CCC3)ccc1CSN. The summed E-state index contributed by atoms with van der Waals surface area (Å²) in [5.41, 5.74) is 5.83. The van der Waals surface area contributed by atoms with Gasteiger partial charge in [0.1, 0.15) is 5.75 Å². The van der Waals surface area contributed by atoms with E-state index in [9.17, 15) is 0 Å². The molecule has 1 aromatic heterocycles. The predicted molar refractivity (Wildman–Crippen MR) is 98.4 cm³/mol. The Morgan fingerprint density at radius 2 is 2.08 bits per heavy atom. The summed E-state index contributed by atoms with van der Waals surface area (Å²) >= 11 is 1.31. The van der Waals surface area contributed by atoms with Gasteiger partial charge in [-0.1, -0.05) is 24.1 Å². The molecule has 2 aliphatic rings. The average Bonchev–Trinajstić information content (AvgIpc) is 3.01. The molecule has 1 aliphatic carbocycles. The average molecular weight is 342 g/mol. The van der Waals surface area contributed by atoms with E-state index in [-0.39, 0.29) is 0 Å². The van der Waals surface area contributed by atoms with Gasteiger partial charge < -0.3 is 9.64 Å². The van der Waals surface area contributed by atoms with Crippen LogP contribution in [0.1, 0.15) is 29.7 Å². The van der Waals surface area contributed by atoms with Crippen molar-refractivity contribution in [3.8, 4) is 17.0 Å². The van der Waals surface area contributed by atoms with Crippen molar-refractivity contribution in [2.24, 2.45) is 5.14 Å². The van der Waals surface area contributed by atoms with Crippen molar-refractivity contribution < 1.29 is 4.74 Å². The van der Waals surface area contributed by atoms with Gasteiger partial charge in [0, 0.05) is 41.2 Å². The van der Waals surface area contributed by atoms with Crippen LogP contribution in [0.5, 0.6) is 5.75 Å². The van der Waals surface area contributed by atoms with Gasteiger partial charge in [-0.15, -0.1) is 0 Å². The quantitative estimate of drug-likeness (QED) is 0.843. The standard InChI is InChI=1S/C18H22N4OS/c1-23-16-10-12(6-7-13(16)11-24-19)17-14-4-2-5-15(14)20-18(21-17)22-8-3-9-22/h6-7,10H,2-5,8-9,11,19H2,1H3. The van der Waals surface area contributed by atoms with Crippen LogP contribution >= 0.6 is 11.9 Å². The number of aromatic nitrogens is 2. The molecule has 1 saturated heterocycles. The Morgan fingerprint density at radius 1 is 1.21 bits per heavy atom. The normalized spacial score (nSPS) is 16.0. The molecule has 0 radical (unpaired) electrons. The van der Waals surface area contributed by atoms with Gasteiger partial charge >= 0.3 is 0 Å². The Balaban J connectivity index is 1.79. The highest BCUT2D eigenvalue weighted by molar-refractivity contribution is 7.96. The Morgan fingerprint density at radius 3 is 2.79 bits per heavy atom. The first-order valence-corrected chi connectivity index (χ1v) is 9.48. The molecule has 4 rings (SSSR count). The summed E-state index contributed by atoms with van der Waals surface area (Å²) in [5, 5.41) is 5.62. The van der Waals surface area contributed by atoms with E-state index in [1.54, 1.807) is 7.11 Å². The summed E-state index contributed by atoms with van der Waals surface area (Å²) in [6, 6.07) is 6.32. The van der Waals surface area contributed by atoms with E-state index in [1.807, 2.05) is 0 Å². The topological polar surface area (TPSA) is 64.3 Å². The predicted octanol–water partition coefficient (Wildman–Crippen LogP) is 2.96. The van der Waals surface area contributed by atoms with Gasteiger partial charge in [0.05, 0.1) is 12.8 Å². The van der Waals surface area contributed by atoms with Crippen LogP contribution < -0.4 is 14.8 Å². The van der Waals surface area contributed by atoms with Crippen molar-refractivity contribution in [2.75, 3.05) is 25.1 Å². The fourth-order valence-corrected chi connectivity index (χ4v) is 3.83. The number of benzene rings is 1. The fourth-order valence-electron chi connectivity index (χ4n) is 3.42. The Hall–Kier alpha value is -1.79. The molecule has 1 aliphatic heterocycles. The van der Waals surface area contributed by atoms with E-state index >= 15 is 0 Å². The summed E-state index contributed by atoms with van der Waals surface area (Å²) < 4.78 is 5.57. The number of ether oxygens (including phenoxy) is 1. The number of nitrogens with zero attached hydrogens (tertiary/aromatic N) is 3. The van der Waals surface area contributed by atoms with Gasteiger partial charge in [-0.2, -0.15) is 0 Å². The van der Waals surface area contributed by atoms with E-state index in [0.29, 0.717) is 0 Å². The fraction of sp³-hybridized carbons (Fsp3) is 0.444. The number of anilines is 1. The second-order valence-corrected chi connectivity index (χ2v) is 6.95. The largest absolute Gasteiger partial charge is 0.496 e.